The molecule has 0 rings (SSSR count). The molecule has 0 aromatic rings. The fourth-order valence-electron chi connectivity index (χ4n) is 0.222. The molecular formula is C5H9ClO. The van der Waals surface area contributed by atoms with Crippen molar-refractivity contribution in [2.45, 2.75) is 13.3 Å². The Hall–Kier alpha value is -0.170. The van der Waals surface area contributed by atoms with Gasteiger partial charge in [0.05, 0.1) is 12.9 Å². The molecule has 2 heteroatoms. The van der Waals surface area contributed by atoms with Crippen LogP contribution in [0.2, 0.25) is 0 Å². The normalized spacial score (nSPS) is 10.0. The smallest absolute Gasteiger partial charge is 0.0941 e. The van der Waals surface area contributed by atoms with Gasteiger partial charge in [-0.3, -0.25) is 0 Å². The Morgan fingerprint density at radius 3 is 2.86 bits per heavy atom. The summed E-state index contributed by atoms with van der Waals surface area (Å²) in [6, 6.07) is 0. The van der Waals surface area contributed by atoms with Crippen molar-refractivity contribution < 1.29 is 4.74 Å². The van der Waals surface area contributed by atoms with Gasteiger partial charge in [0.2, 0.25) is 0 Å². The van der Waals surface area contributed by atoms with Gasteiger partial charge < -0.3 is 4.74 Å². The molecule has 0 radical (unpaired) electrons. The molecule has 0 aromatic carbocycles. The van der Waals surface area contributed by atoms with Crippen molar-refractivity contribution in [2.24, 2.45) is 0 Å². The van der Waals surface area contributed by atoms with Gasteiger partial charge in [-0.2, -0.15) is 0 Å². The summed E-state index contributed by atoms with van der Waals surface area (Å²) >= 11 is 5.13. The molecule has 0 aliphatic heterocycles. The van der Waals surface area contributed by atoms with Gasteiger partial charge in [0.15, 0.2) is 0 Å². The third-order valence-electron chi connectivity index (χ3n) is 0.470. The van der Waals surface area contributed by atoms with Crippen LogP contribution in [0.15, 0.2) is 11.8 Å². The Morgan fingerprint density at radius 2 is 2.43 bits per heavy atom. The molecule has 0 amide bonds. The lowest BCUT2D eigenvalue weighted by atomic mass is 10.5. The van der Waals surface area contributed by atoms with E-state index in [9.17, 15) is 0 Å². The van der Waals surface area contributed by atoms with Crippen LogP contribution < -0.4 is 0 Å². The van der Waals surface area contributed by atoms with Gasteiger partial charge in [0.25, 0.3) is 0 Å². The van der Waals surface area contributed by atoms with Crippen molar-refractivity contribution in [1.29, 1.82) is 0 Å². The molecule has 0 saturated carbocycles. The summed E-state index contributed by atoms with van der Waals surface area (Å²) in [7, 11) is 0. The zero-order valence-electron chi connectivity index (χ0n) is 4.36. The zero-order valence-corrected chi connectivity index (χ0v) is 5.11. The molecule has 7 heavy (non-hydrogen) atoms. The quantitative estimate of drug-likeness (QED) is 0.410. The van der Waals surface area contributed by atoms with Crippen LogP contribution >= 0.6 is 11.6 Å². The molecule has 0 heterocycles. The van der Waals surface area contributed by atoms with Crippen LogP contribution in [-0.4, -0.2) is 6.61 Å². The lowest BCUT2D eigenvalue weighted by molar-refractivity contribution is 0.250. The molecule has 0 aliphatic rings. The van der Waals surface area contributed by atoms with Crippen LogP contribution in [0.5, 0.6) is 0 Å². The fraction of sp³-hybridized carbons (Fsp3) is 0.600. The molecule has 0 saturated heterocycles. The van der Waals surface area contributed by atoms with Crippen LogP contribution in [0.3, 0.4) is 0 Å². The molecule has 42 valence electrons. The number of ether oxygens (including phenoxy) is 1. The number of hydrogen-bond acceptors (Lipinski definition) is 1. The van der Waals surface area contributed by atoms with Gasteiger partial charge in [0.1, 0.15) is 0 Å². The van der Waals surface area contributed by atoms with E-state index in [0.717, 1.165) is 13.0 Å². The first kappa shape index (κ1) is 6.83. The summed E-state index contributed by atoms with van der Waals surface area (Å²) in [5.74, 6) is 0. The third kappa shape index (κ3) is 5.83. The predicted octanol–water partition coefficient (Wildman–Crippen LogP) is 2.12. The Kier molecular flexibility index (Phi) is 5.69. The Labute approximate surface area is 48.9 Å². The van der Waals surface area contributed by atoms with E-state index in [2.05, 4.69) is 0 Å². The summed E-state index contributed by atoms with van der Waals surface area (Å²) in [5.41, 5.74) is 1.36. The highest BCUT2D eigenvalue weighted by atomic mass is 35.5. The molecular weight excluding hydrogens is 112 g/mol. The highest BCUT2D eigenvalue weighted by molar-refractivity contribution is 6.25. The van der Waals surface area contributed by atoms with E-state index in [1.807, 2.05) is 6.92 Å². The van der Waals surface area contributed by atoms with Crippen molar-refractivity contribution in [1.82, 2.24) is 0 Å². The van der Waals surface area contributed by atoms with Gasteiger partial charge in [-0.1, -0.05) is 18.5 Å². The van der Waals surface area contributed by atoms with Gasteiger partial charge in [0, 0.05) is 5.54 Å². The molecule has 0 spiro atoms. The van der Waals surface area contributed by atoms with Crippen molar-refractivity contribution in [3.05, 3.63) is 11.8 Å². The summed E-state index contributed by atoms with van der Waals surface area (Å²) in [4.78, 5) is 0. The summed E-state index contributed by atoms with van der Waals surface area (Å²) in [5, 5.41) is 0. The van der Waals surface area contributed by atoms with Crippen LogP contribution in [0.1, 0.15) is 13.3 Å². The van der Waals surface area contributed by atoms with Crippen LogP contribution in [-0.2, 0) is 4.74 Å². The molecule has 0 aliphatic carbocycles. The topological polar surface area (TPSA) is 9.23 Å². The average Bonchev–Trinajstić information content (AvgIpc) is 1.69. The largest absolute Gasteiger partial charge is 0.500 e. The van der Waals surface area contributed by atoms with E-state index < -0.39 is 0 Å². The van der Waals surface area contributed by atoms with E-state index in [-0.39, 0.29) is 0 Å². The van der Waals surface area contributed by atoms with E-state index in [4.69, 9.17) is 16.3 Å². The van der Waals surface area contributed by atoms with Gasteiger partial charge in [-0.25, -0.2) is 0 Å². The SMILES string of the molecule is CCCOC=CCl. The summed E-state index contributed by atoms with van der Waals surface area (Å²) in [6.45, 7) is 2.80. The first-order valence-corrected chi connectivity index (χ1v) is 2.72. The van der Waals surface area contributed by atoms with Crippen molar-refractivity contribution in [2.75, 3.05) is 6.61 Å². The van der Waals surface area contributed by atoms with Crippen molar-refractivity contribution >= 4 is 11.6 Å². The molecule has 0 N–H and O–H groups in total. The Balaban J connectivity index is 2.69. The van der Waals surface area contributed by atoms with E-state index >= 15 is 0 Å². The third-order valence-corrected chi connectivity index (χ3v) is 0.573. The van der Waals surface area contributed by atoms with E-state index in [1.54, 1.807) is 0 Å². The summed E-state index contributed by atoms with van der Waals surface area (Å²) in [6.07, 6.45) is 2.51. The molecule has 1 nitrogen and oxygen atoms in total. The molecule has 0 atom stereocenters. The van der Waals surface area contributed by atoms with Gasteiger partial charge >= 0.3 is 0 Å². The number of hydrogen-bond donors (Lipinski definition) is 0. The highest BCUT2D eigenvalue weighted by Gasteiger charge is 1.70. The minimum atomic E-state index is 0.753. The number of rotatable bonds is 3. The summed E-state index contributed by atoms with van der Waals surface area (Å²) < 4.78 is 4.82. The molecule has 0 aromatic heterocycles. The maximum Gasteiger partial charge on any atom is 0.0941 e. The second-order valence-corrected chi connectivity index (χ2v) is 1.38. The minimum Gasteiger partial charge on any atom is -0.500 e. The highest BCUT2D eigenvalue weighted by Crippen LogP contribution is 1.82. The zero-order chi connectivity index (χ0) is 5.54. The van der Waals surface area contributed by atoms with Gasteiger partial charge in [-0.15, -0.1) is 0 Å². The second-order valence-electron chi connectivity index (χ2n) is 1.13. The van der Waals surface area contributed by atoms with E-state index in [0.29, 0.717) is 0 Å². The minimum absolute atomic E-state index is 0.753. The lowest BCUT2D eigenvalue weighted by Crippen LogP contribution is -1.80. The maximum atomic E-state index is 5.13. The monoisotopic (exact) mass is 120 g/mol. The Bertz CT molecular complexity index is 52.0. The molecule has 0 unspecified atom stereocenters. The first-order chi connectivity index (χ1) is 3.41. The standard InChI is InChI=1S/C5H9ClO/c1-2-4-7-5-3-6/h3,5H,2,4H2,1H3. The fourth-order valence-corrected chi connectivity index (χ4v) is 0.295. The van der Waals surface area contributed by atoms with Crippen molar-refractivity contribution in [3.63, 3.8) is 0 Å². The van der Waals surface area contributed by atoms with Gasteiger partial charge in [-0.05, 0) is 6.42 Å². The van der Waals surface area contributed by atoms with Crippen LogP contribution in [0, 0.1) is 0 Å². The predicted molar refractivity (Wildman–Crippen MR) is 31.2 cm³/mol. The van der Waals surface area contributed by atoms with Crippen LogP contribution in [0.25, 0.3) is 0 Å². The van der Waals surface area contributed by atoms with Crippen molar-refractivity contribution in [3.8, 4) is 0 Å². The van der Waals surface area contributed by atoms with E-state index in [1.165, 1.54) is 11.8 Å². The molecule has 0 fully saturated rings. The average molecular weight is 121 g/mol. The number of halogens is 1. The lowest BCUT2D eigenvalue weighted by Gasteiger charge is -1.91. The maximum absolute atomic E-state index is 5.13. The second kappa shape index (κ2) is 5.83. The molecule has 0 bridgehead atoms. The van der Waals surface area contributed by atoms with Crippen LogP contribution in [0.4, 0.5) is 0 Å². The first-order valence-electron chi connectivity index (χ1n) is 2.28. The Morgan fingerprint density at radius 1 is 1.71 bits per heavy atom.